The standard InChI is InChI=1S/C7H12BrFO2/c1-3-5-4(2)7(8,9)6(10)11-5/h4-6,10H,3H2,1-2H3/t4-,5-,6?,7+/m1/s1. The average molecular weight is 227 g/mol. The number of aliphatic hydroxyl groups is 1. The minimum atomic E-state index is -1.77. The Balaban J connectivity index is 2.71. The molecule has 1 heterocycles. The van der Waals surface area contributed by atoms with Gasteiger partial charge in [-0.3, -0.25) is 0 Å². The number of aliphatic hydroxyl groups excluding tert-OH is 1. The van der Waals surface area contributed by atoms with Crippen LogP contribution in [0.2, 0.25) is 0 Å². The molecule has 1 aliphatic rings. The molecule has 1 aliphatic heterocycles. The molecule has 2 nitrogen and oxygen atoms in total. The van der Waals surface area contributed by atoms with Gasteiger partial charge in [-0.05, 0) is 22.4 Å². The molecule has 1 unspecified atom stereocenters. The molecule has 1 N–H and O–H groups in total. The Labute approximate surface area is 73.9 Å². The van der Waals surface area contributed by atoms with E-state index in [0.29, 0.717) is 0 Å². The molecule has 1 rings (SSSR count). The molecule has 0 spiro atoms. The van der Waals surface area contributed by atoms with Crippen molar-refractivity contribution in [1.82, 2.24) is 0 Å². The maximum atomic E-state index is 13.4. The average Bonchev–Trinajstić information content (AvgIpc) is 2.14. The van der Waals surface area contributed by atoms with Crippen molar-refractivity contribution < 1.29 is 14.2 Å². The van der Waals surface area contributed by atoms with Crippen molar-refractivity contribution in [2.75, 3.05) is 0 Å². The summed E-state index contributed by atoms with van der Waals surface area (Å²) >= 11 is 2.81. The lowest BCUT2D eigenvalue weighted by Crippen LogP contribution is -2.31. The molecule has 0 aromatic rings. The van der Waals surface area contributed by atoms with E-state index in [2.05, 4.69) is 15.9 Å². The molecule has 1 saturated heterocycles. The summed E-state index contributed by atoms with van der Waals surface area (Å²) in [7, 11) is 0. The Morgan fingerprint density at radius 2 is 2.27 bits per heavy atom. The van der Waals surface area contributed by atoms with Crippen molar-refractivity contribution in [3.63, 3.8) is 0 Å². The van der Waals surface area contributed by atoms with E-state index in [9.17, 15) is 4.39 Å². The highest BCUT2D eigenvalue weighted by molar-refractivity contribution is 9.10. The van der Waals surface area contributed by atoms with Gasteiger partial charge in [-0.15, -0.1) is 0 Å². The summed E-state index contributed by atoms with van der Waals surface area (Å²) in [6, 6.07) is 0. The van der Waals surface area contributed by atoms with Gasteiger partial charge in [-0.1, -0.05) is 13.8 Å². The van der Waals surface area contributed by atoms with E-state index in [-0.39, 0.29) is 12.0 Å². The zero-order chi connectivity index (χ0) is 8.65. The molecule has 0 radical (unpaired) electrons. The largest absolute Gasteiger partial charge is 0.365 e. The highest BCUT2D eigenvalue weighted by Crippen LogP contribution is 2.43. The van der Waals surface area contributed by atoms with E-state index in [1.54, 1.807) is 6.92 Å². The molecule has 4 heteroatoms. The Hall–Kier alpha value is 0.330. The van der Waals surface area contributed by atoms with Gasteiger partial charge in [0.1, 0.15) is 0 Å². The first-order valence-electron chi connectivity index (χ1n) is 3.71. The summed E-state index contributed by atoms with van der Waals surface area (Å²) < 4.78 is 16.6. The van der Waals surface area contributed by atoms with Crippen LogP contribution in [0.3, 0.4) is 0 Å². The van der Waals surface area contributed by atoms with Gasteiger partial charge >= 0.3 is 0 Å². The molecular weight excluding hydrogens is 215 g/mol. The number of ether oxygens (including phenoxy) is 1. The zero-order valence-electron chi connectivity index (χ0n) is 6.55. The van der Waals surface area contributed by atoms with Crippen LogP contribution in [-0.2, 0) is 4.74 Å². The molecule has 0 aromatic carbocycles. The second-order valence-corrected chi connectivity index (χ2v) is 4.11. The molecule has 0 saturated carbocycles. The summed E-state index contributed by atoms with van der Waals surface area (Å²) in [5.41, 5.74) is 0. The van der Waals surface area contributed by atoms with Gasteiger partial charge in [0.15, 0.2) is 6.29 Å². The van der Waals surface area contributed by atoms with Crippen LogP contribution in [0, 0.1) is 5.92 Å². The van der Waals surface area contributed by atoms with E-state index in [1.165, 1.54) is 0 Å². The summed E-state index contributed by atoms with van der Waals surface area (Å²) in [5.74, 6) is -0.303. The third-order valence-electron chi connectivity index (χ3n) is 2.20. The van der Waals surface area contributed by atoms with Crippen LogP contribution in [0.5, 0.6) is 0 Å². The molecular formula is C7H12BrFO2. The number of halogens is 2. The van der Waals surface area contributed by atoms with Crippen LogP contribution in [0.4, 0.5) is 4.39 Å². The van der Waals surface area contributed by atoms with E-state index < -0.39 is 10.9 Å². The maximum absolute atomic E-state index is 13.4. The van der Waals surface area contributed by atoms with Crippen LogP contribution >= 0.6 is 15.9 Å². The van der Waals surface area contributed by atoms with Gasteiger partial charge < -0.3 is 9.84 Å². The summed E-state index contributed by atoms with van der Waals surface area (Å²) in [6.07, 6.45) is -0.799. The molecule has 0 bridgehead atoms. The molecule has 66 valence electrons. The normalized spacial score (nSPS) is 51.5. The molecule has 4 atom stereocenters. The van der Waals surface area contributed by atoms with Crippen LogP contribution in [-0.4, -0.2) is 22.1 Å². The van der Waals surface area contributed by atoms with Crippen LogP contribution in [0.15, 0.2) is 0 Å². The van der Waals surface area contributed by atoms with E-state index >= 15 is 0 Å². The molecule has 11 heavy (non-hydrogen) atoms. The number of rotatable bonds is 1. The van der Waals surface area contributed by atoms with Crippen molar-refractivity contribution in [1.29, 1.82) is 0 Å². The lowest BCUT2D eigenvalue weighted by Gasteiger charge is -2.18. The van der Waals surface area contributed by atoms with Crippen molar-refractivity contribution in [3.05, 3.63) is 0 Å². The Morgan fingerprint density at radius 1 is 1.73 bits per heavy atom. The summed E-state index contributed by atoms with van der Waals surface area (Å²) in [5, 5.41) is 9.08. The van der Waals surface area contributed by atoms with Crippen molar-refractivity contribution in [2.24, 2.45) is 5.92 Å². The molecule has 1 fully saturated rings. The van der Waals surface area contributed by atoms with Crippen LogP contribution < -0.4 is 0 Å². The molecule has 0 amide bonds. The topological polar surface area (TPSA) is 29.5 Å². The van der Waals surface area contributed by atoms with Crippen LogP contribution in [0.1, 0.15) is 20.3 Å². The lowest BCUT2D eigenvalue weighted by molar-refractivity contribution is -0.118. The lowest BCUT2D eigenvalue weighted by atomic mass is 10.0. The van der Waals surface area contributed by atoms with Crippen LogP contribution in [0.25, 0.3) is 0 Å². The minimum absolute atomic E-state index is 0.186. The number of hydrogen-bond donors (Lipinski definition) is 1. The second kappa shape index (κ2) is 2.99. The third kappa shape index (κ3) is 1.44. The Bertz CT molecular complexity index is 151. The Morgan fingerprint density at radius 3 is 2.45 bits per heavy atom. The van der Waals surface area contributed by atoms with Gasteiger partial charge in [0.25, 0.3) is 0 Å². The fourth-order valence-electron chi connectivity index (χ4n) is 1.30. The zero-order valence-corrected chi connectivity index (χ0v) is 8.14. The van der Waals surface area contributed by atoms with Gasteiger partial charge in [0.2, 0.25) is 4.58 Å². The number of alkyl halides is 2. The van der Waals surface area contributed by atoms with Gasteiger partial charge in [0.05, 0.1) is 6.10 Å². The van der Waals surface area contributed by atoms with Gasteiger partial charge in [0, 0.05) is 5.92 Å². The highest BCUT2D eigenvalue weighted by Gasteiger charge is 2.52. The van der Waals surface area contributed by atoms with Gasteiger partial charge in [-0.25, -0.2) is 4.39 Å². The summed E-state index contributed by atoms with van der Waals surface area (Å²) in [4.78, 5) is 0. The highest BCUT2D eigenvalue weighted by atomic mass is 79.9. The smallest absolute Gasteiger partial charge is 0.220 e. The van der Waals surface area contributed by atoms with E-state index in [4.69, 9.17) is 9.84 Å². The molecule has 0 aliphatic carbocycles. The number of hydrogen-bond acceptors (Lipinski definition) is 2. The third-order valence-corrected chi connectivity index (χ3v) is 3.31. The second-order valence-electron chi connectivity index (χ2n) is 2.90. The Kier molecular flexibility index (Phi) is 2.56. The fraction of sp³-hybridized carbons (Fsp3) is 1.00. The predicted molar refractivity (Wildman–Crippen MR) is 43.1 cm³/mol. The first-order chi connectivity index (χ1) is 5.00. The first kappa shape index (κ1) is 9.42. The maximum Gasteiger partial charge on any atom is 0.220 e. The minimum Gasteiger partial charge on any atom is -0.365 e. The predicted octanol–water partition coefficient (Wildman–Crippen LogP) is 1.81. The summed E-state index contributed by atoms with van der Waals surface area (Å²) in [6.45, 7) is 3.63. The molecule has 0 aromatic heterocycles. The van der Waals surface area contributed by atoms with Crippen molar-refractivity contribution in [2.45, 2.75) is 37.2 Å². The fourth-order valence-corrected chi connectivity index (χ4v) is 1.70. The van der Waals surface area contributed by atoms with E-state index in [0.717, 1.165) is 6.42 Å². The SMILES string of the molecule is CC[C@H]1OC(O)[C@](F)(Br)[C@@H]1C. The van der Waals surface area contributed by atoms with Crippen molar-refractivity contribution >= 4 is 15.9 Å². The quantitative estimate of drug-likeness (QED) is 0.692. The monoisotopic (exact) mass is 226 g/mol. The van der Waals surface area contributed by atoms with Crippen molar-refractivity contribution in [3.8, 4) is 0 Å². The van der Waals surface area contributed by atoms with E-state index in [1.807, 2.05) is 6.92 Å². The van der Waals surface area contributed by atoms with Gasteiger partial charge in [-0.2, -0.15) is 0 Å². The first-order valence-corrected chi connectivity index (χ1v) is 4.50.